The van der Waals surface area contributed by atoms with Crippen molar-refractivity contribution < 1.29 is 1210 Å². The van der Waals surface area contributed by atoms with Gasteiger partial charge in [-0.25, -0.2) is 0 Å². The first-order valence-corrected chi connectivity index (χ1v) is 13.4. The summed E-state index contributed by atoms with van der Waals surface area (Å²) >= 11 is 0. The number of hydrogen-bond donors (Lipinski definition) is 20. The van der Waals surface area contributed by atoms with E-state index < -0.39 is 45.2 Å². The monoisotopic (exact) mass is 1340 g/mol. The van der Waals surface area contributed by atoms with Gasteiger partial charge < -0.3 is 147 Å². The molecule has 0 saturated carbocycles. The molecule has 0 rings (SSSR count). The smallest absolute Gasteiger partial charge is 1.00 e. The van der Waals surface area contributed by atoms with Gasteiger partial charge in [-0.15, -0.1) is 0 Å². The van der Waals surface area contributed by atoms with Gasteiger partial charge in [-0.1, -0.05) is 0 Å². The molecule has 0 atom stereocenters. The van der Waals surface area contributed by atoms with Crippen LogP contribution in [-0.2, 0) is 0 Å². The maximum atomic E-state index is 7.33. The fourth-order valence-corrected chi connectivity index (χ4v) is 0. The second kappa shape index (κ2) is 199. The molecule has 0 spiro atoms. The van der Waals surface area contributed by atoms with Crippen molar-refractivity contribution in [3.05, 3.63) is 0 Å². The average molecular weight is 1340 g/mol. The van der Waals surface area contributed by atoms with E-state index in [2.05, 4.69) is 0 Å². The minimum atomic E-state index is -4.61. The zero-order chi connectivity index (χ0) is 22.5. The molecule has 61 heteroatoms. The van der Waals surface area contributed by atoms with Gasteiger partial charge in [-0.05, 0) is 0 Å². The van der Waals surface area contributed by atoms with Crippen LogP contribution in [0.25, 0.3) is 0 Å². The van der Waals surface area contributed by atoms with Crippen LogP contribution in [0, 0.1) is 0 Å². The molecule has 0 bridgehead atoms. The molecule has 61 heavy (non-hydrogen) atoms. The summed E-state index contributed by atoms with van der Waals surface area (Å²) in [5, 5.41) is 0. The Hall–Kier alpha value is 36.3. The maximum Gasteiger partial charge on any atom is 1.00 e. The second-order valence-corrected chi connectivity index (χ2v) is 9.00. The van der Waals surface area contributed by atoms with Crippen molar-refractivity contribution in [3.63, 3.8) is 0 Å². The molecule has 0 unspecified atom stereocenters. The van der Waals surface area contributed by atoms with Crippen molar-refractivity contribution in [2.24, 2.45) is 0 Å². The van der Waals surface area contributed by atoms with E-state index in [1.807, 2.05) is 0 Å². The van der Waals surface area contributed by atoms with Crippen LogP contribution >= 0.6 is 0 Å². The maximum absolute atomic E-state index is 7.33. The van der Waals surface area contributed by atoms with E-state index in [1.54, 1.807) is 0 Å². The van der Waals surface area contributed by atoms with Crippen LogP contribution in [0.15, 0.2) is 0 Å². The van der Waals surface area contributed by atoms with Crippen molar-refractivity contribution >= 4 is 45.2 Å². The van der Waals surface area contributed by atoms with Crippen molar-refractivity contribution in [2.45, 2.75) is 0 Å². The van der Waals surface area contributed by atoms with Gasteiger partial charge in [-0.3, -0.25) is 0 Å². The molecule has 0 aromatic rings. The van der Waals surface area contributed by atoms with Crippen LogP contribution in [0.4, 0.5) is 0 Å². The molecule has 0 aliphatic heterocycles. The van der Waals surface area contributed by atoms with Crippen LogP contribution in [-0.4, -0.2) is 141 Å². The van der Waals surface area contributed by atoms with Gasteiger partial charge in [0.2, 0.25) is 0 Å². The number of hydrogen-bond acceptors (Lipinski definition) is 20. The predicted molar refractivity (Wildman–Crippen MR) is 113 cm³/mol. The Morgan fingerprint density at radius 3 is 0.0984 bits per heavy atom. The predicted octanol–water partition coefficient (Wildman–Crippen LogP) is -117. The van der Waals surface area contributed by atoms with Crippen LogP contribution < -0.4 is 1060 Å². The zero-order valence-corrected chi connectivity index (χ0v) is 124. The Balaban J connectivity index is -0.000000000580. The van der Waals surface area contributed by atoms with E-state index >= 15 is 0 Å². The quantitative estimate of drug-likeness (QED) is 0.100. The van der Waals surface area contributed by atoms with Gasteiger partial charge in [0, 0.05) is 0 Å². The van der Waals surface area contributed by atoms with Crippen LogP contribution in [0.2, 0.25) is 0 Å². The SMILES string of the molecule is O[Si](O)(O)O.O[Si](O)(O)O.O[Si](O)(O)O.O[Si](O)(O)O.O[Si](O)(O)O.[H-].[H-].[H-].[H-].[H-].[H-].[H-].[H-].[H-].[H-].[H-].[H-].[H-].[H-].[H-].[H-].[H-].[H-].[H-].[H-].[H-].[H-].[H-].[H-].[H-].[H-].[H-].[H-].[H-].[H-].[H-].[H-].[H-].[H-].[H-].[H-].[Na+].[Na+].[Na+].[Na+].[Na+].[Na+].[Na+].[Na+].[Na+].[Na+].[Na+].[Na+].[Na+].[Na+].[Na+].[Na+].[Na+].[Na+].[Na+].[Na+].[Na+].[Na+].[Na+].[Na+].[Na+].[Na+].[Na+].[Na+].[Na+].[Na+].[Na+].[Na+].[Na+].[Na+].[Na+].[Na+]. The van der Waals surface area contributed by atoms with Crippen LogP contribution in [0.1, 0.15) is 51.4 Å². The van der Waals surface area contributed by atoms with Crippen LogP contribution in [0.5, 0.6) is 0 Å². The fourth-order valence-electron chi connectivity index (χ4n) is 0. The fraction of sp³-hybridized carbons (Fsp3) is 0. The summed E-state index contributed by atoms with van der Waals surface area (Å²) in [5.41, 5.74) is 0. The first kappa shape index (κ1) is 285. The summed E-state index contributed by atoms with van der Waals surface area (Å²) in [5.74, 6) is 0. The molecule has 232 valence electrons. The molecule has 0 aromatic carbocycles. The summed E-state index contributed by atoms with van der Waals surface area (Å²) in [6.45, 7) is 0. The average Bonchev–Trinajstić information content (AvgIpc) is 1.79. The Labute approximate surface area is 1220 Å². The van der Waals surface area contributed by atoms with E-state index in [0.717, 1.165) is 0 Å². The summed E-state index contributed by atoms with van der Waals surface area (Å²) in [6.07, 6.45) is 0. The molecule has 0 saturated heterocycles. The summed E-state index contributed by atoms with van der Waals surface area (Å²) in [6, 6.07) is 0. The Kier molecular flexibility index (Phi) is 929. The number of rotatable bonds is 0. The van der Waals surface area contributed by atoms with Gasteiger partial charge in [0.25, 0.3) is 0 Å². The summed E-state index contributed by atoms with van der Waals surface area (Å²) in [4.78, 5) is 147. The van der Waals surface area contributed by atoms with Crippen LogP contribution in [0.3, 0.4) is 0 Å². The first-order valence-electron chi connectivity index (χ1n) is 4.47. The van der Waals surface area contributed by atoms with E-state index in [9.17, 15) is 0 Å². The summed E-state index contributed by atoms with van der Waals surface area (Å²) < 4.78 is 0. The molecule has 0 fully saturated rings. The van der Waals surface area contributed by atoms with Gasteiger partial charge in [-0.2, -0.15) is 0 Å². The van der Waals surface area contributed by atoms with Crippen molar-refractivity contribution in [2.75, 3.05) is 0 Å². The summed E-state index contributed by atoms with van der Waals surface area (Å²) in [7, 11) is -23.1. The molecule has 20 N–H and O–H groups in total. The molecule has 0 aromatic heterocycles. The molecule has 0 aliphatic carbocycles. The first-order chi connectivity index (χ1) is 10.0. The largest absolute Gasteiger partial charge is 1.00 e. The molecule has 0 heterocycles. The zero-order valence-electron chi connectivity index (χ0n) is 83.4. The van der Waals surface area contributed by atoms with E-state index in [0.29, 0.717) is 0 Å². The van der Waals surface area contributed by atoms with E-state index in [1.165, 1.54) is 0 Å². The third-order valence-corrected chi connectivity index (χ3v) is 0. The Morgan fingerprint density at radius 2 is 0.0984 bits per heavy atom. The second-order valence-electron chi connectivity index (χ2n) is 3.00. The molecule has 20 nitrogen and oxygen atoms in total. The van der Waals surface area contributed by atoms with Crippen molar-refractivity contribution in [1.29, 1.82) is 0 Å². The molecule has 0 aliphatic rings. The molecule has 0 radical (unpaired) electrons. The normalized spacial score (nSPS) is 4.92. The Bertz CT molecular complexity index is 317. The molecular weight excluding hydrogens is 1290 g/mol. The van der Waals surface area contributed by atoms with Crippen molar-refractivity contribution in [1.82, 2.24) is 0 Å². The topological polar surface area (TPSA) is 405 Å². The third kappa shape index (κ3) is 650. The third-order valence-electron chi connectivity index (χ3n) is 0. The standard InChI is InChI=1S/36Na.5H4O4Si.36H/c;;;;;;;;;;;;;;;;;;;;;;;;;;;;;;;;;;;;5*1-5(2,3)4;;;;;;;;;;;;;;;;;;;;;;;;;;;;;;;;;;;;/h;;;;;;;;;;;;;;;;;;;;;;;;;;;;;;;;;;;;5*1-4H;;;;;;;;;;;;;;;;;;;;;;;;;;;;;;;;;;;;/q36*+1;;;;;;36*-1. The van der Waals surface area contributed by atoms with Gasteiger partial charge in [0.1, 0.15) is 0 Å². The van der Waals surface area contributed by atoms with Gasteiger partial charge >= 0.3 is 1110 Å². The van der Waals surface area contributed by atoms with E-state index in [4.69, 9.17) is 95.9 Å². The molecule has 0 amide bonds. The minimum absolute atomic E-state index is 0. The van der Waals surface area contributed by atoms with Gasteiger partial charge in [0.05, 0.1) is 0 Å². The minimum Gasteiger partial charge on any atom is -1.00 e. The van der Waals surface area contributed by atoms with E-state index in [-0.39, 0.29) is 1120 Å². The Morgan fingerprint density at radius 1 is 0.0984 bits per heavy atom. The van der Waals surface area contributed by atoms with Crippen molar-refractivity contribution in [3.8, 4) is 0 Å². The molecular formula is H56Na36O20Si5. The van der Waals surface area contributed by atoms with Gasteiger partial charge in [0.15, 0.2) is 0 Å².